The highest BCUT2D eigenvalue weighted by molar-refractivity contribution is 7.89. The molecule has 0 spiro atoms. The van der Waals surface area contributed by atoms with Crippen molar-refractivity contribution in [1.29, 1.82) is 0 Å². The molecule has 0 unspecified atom stereocenters. The van der Waals surface area contributed by atoms with E-state index in [9.17, 15) is 8.42 Å². The van der Waals surface area contributed by atoms with Gasteiger partial charge in [0, 0.05) is 26.8 Å². The number of sulfonamides is 1. The van der Waals surface area contributed by atoms with Gasteiger partial charge < -0.3 is 10.1 Å². The molecule has 5 nitrogen and oxygen atoms in total. The third-order valence-electron chi connectivity index (χ3n) is 2.63. The van der Waals surface area contributed by atoms with Crippen molar-refractivity contribution < 1.29 is 13.2 Å². The Kier molecular flexibility index (Phi) is 7.01. The molecule has 0 radical (unpaired) electrons. The Hall–Kier alpha value is -0.950. The summed E-state index contributed by atoms with van der Waals surface area (Å²) in [5, 5.41) is 3.19. The van der Waals surface area contributed by atoms with Crippen molar-refractivity contribution in [2.75, 3.05) is 26.8 Å². The molecule has 108 valence electrons. The van der Waals surface area contributed by atoms with Gasteiger partial charge in [-0.05, 0) is 30.7 Å². The first-order valence-corrected chi connectivity index (χ1v) is 7.86. The highest BCUT2D eigenvalue weighted by Crippen LogP contribution is 2.10. The van der Waals surface area contributed by atoms with Crippen LogP contribution in [0.25, 0.3) is 0 Å². The van der Waals surface area contributed by atoms with E-state index in [1.807, 2.05) is 19.1 Å². The molecule has 1 aromatic carbocycles. The molecule has 0 saturated heterocycles. The van der Waals surface area contributed by atoms with E-state index in [4.69, 9.17) is 4.74 Å². The molecule has 0 aliphatic heterocycles. The average molecular weight is 286 g/mol. The molecule has 0 bridgehead atoms. The largest absolute Gasteiger partial charge is 0.385 e. The maximum absolute atomic E-state index is 12.0. The maximum atomic E-state index is 12.0. The van der Waals surface area contributed by atoms with Gasteiger partial charge in [0.05, 0.1) is 4.90 Å². The van der Waals surface area contributed by atoms with Gasteiger partial charge in [-0.3, -0.25) is 0 Å². The fourth-order valence-electron chi connectivity index (χ4n) is 1.56. The second kappa shape index (κ2) is 8.27. The highest BCUT2D eigenvalue weighted by atomic mass is 32.2. The lowest BCUT2D eigenvalue weighted by molar-refractivity contribution is 0.196. The van der Waals surface area contributed by atoms with Crippen LogP contribution in [0.15, 0.2) is 29.2 Å². The summed E-state index contributed by atoms with van der Waals surface area (Å²) in [6.45, 7) is 4.60. The monoisotopic (exact) mass is 286 g/mol. The lowest BCUT2D eigenvalue weighted by Gasteiger charge is -2.07. The van der Waals surface area contributed by atoms with Gasteiger partial charge >= 0.3 is 0 Å². The van der Waals surface area contributed by atoms with Crippen LogP contribution >= 0.6 is 0 Å². The van der Waals surface area contributed by atoms with Crippen LogP contribution in [0.2, 0.25) is 0 Å². The van der Waals surface area contributed by atoms with Crippen LogP contribution in [0.5, 0.6) is 0 Å². The summed E-state index contributed by atoms with van der Waals surface area (Å²) in [7, 11) is -1.81. The third kappa shape index (κ3) is 5.69. The van der Waals surface area contributed by atoms with E-state index in [1.165, 1.54) is 0 Å². The predicted molar refractivity (Wildman–Crippen MR) is 75.5 cm³/mol. The predicted octanol–water partition coefficient (Wildman–Crippen LogP) is 1.11. The number of hydrogen-bond acceptors (Lipinski definition) is 4. The molecule has 0 aromatic heterocycles. The first-order valence-electron chi connectivity index (χ1n) is 6.38. The minimum Gasteiger partial charge on any atom is -0.385 e. The standard InChI is InChI=1S/C13H22N2O3S/c1-3-14-11-12-5-7-13(8-6-12)19(16,17)15-9-4-10-18-2/h5-8,14-15H,3-4,9-11H2,1-2H3. The molecule has 0 saturated carbocycles. The van der Waals surface area contributed by atoms with Crippen molar-refractivity contribution >= 4 is 10.0 Å². The third-order valence-corrected chi connectivity index (χ3v) is 4.11. The van der Waals surface area contributed by atoms with Crippen LogP contribution < -0.4 is 10.0 Å². The van der Waals surface area contributed by atoms with Crippen molar-refractivity contribution in [2.24, 2.45) is 0 Å². The van der Waals surface area contributed by atoms with Crippen molar-refractivity contribution in [3.8, 4) is 0 Å². The molecule has 0 atom stereocenters. The molecule has 0 aliphatic carbocycles. The maximum Gasteiger partial charge on any atom is 0.240 e. The van der Waals surface area contributed by atoms with E-state index in [1.54, 1.807) is 19.2 Å². The summed E-state index contributed by atoms with van der Waals surface area (Å²) in [6, 6.07) is 6.91. The first kappa shape index (κ1) is 16.1. The number of methoxy groups -OCH3 is 1. The quantitative estimate of drug-likeness (QED) is 0.667. The molecule has 1 rings (SSSR count). The normalized spacial score (nSPS) is 11.7. The van der Waals surface area contributed by atoms with Gasteiger partial charge in [0.2, 0.25) is 10.0 Å². The average Bonchev–Trinajstić information content (AvgIpc) is 2.42. The molecule has 0 heterocycles. The van der Waals surface area contributed by atoms with Gasteiger partial charge in [0.15, 0.2) is 0 Å². The van der Waals surface area contributed by atoms with Crippen molar-refractivity contribution in [1.82, 2.24) is 10.0 Å². The fraction of sp³-hybridized carbons (Fsp3) is 0.538. The minimum atomic E-state index is -3.40. The Balaban J connectivity index is 2.58. The molecular weight excluding hydrogens is 264 g/mol. The molecule has 19 heavy (non-hydrogen) atoms. The molecular formula is C13H22N2O3S. The molecule has 1 aromatic rings. The second-order valence-electron chi connectivity index (χ2n) is 4.17. The summed E-state index contributed by atoms with van der Waals surface area (Å²) >= 11 is 0. The van der Waals surface area contributed by atoms with E-state index in [-0.39, 0.29) is 0 Å². The van der Waals surface area contributed by atoms with Gasteiger partial charge in [0.1, 0.15) is 0 Å². The summed E-state index contributed by atoms with van der Waals surface area (Å²) in [6.07, 6.45) is 0.661. The fourth-order valence-corrected chi connectivity index (χ4v) is 2.64. The van der Waals surface area contributed by atoms with Crippen LogP contribution in [0.4, 0.5) is 0 Å². The number of rotatable bonds is 9. The molecule has 2 N–H and O–H groups in total. The molecule has 0 fully saturated rings. The van der Waals surface area contributed by atoms with Crippen molar-refractivity contribution in [3.05, 3.63) is 29.8 Å². The van der Waals surface area contributed by atoms with E-state index >= 15 is 0 Å². The minimum absolute atomic E-state index is 0.296. The number of nitrogens with one attached hydrogen (secondary N) is 2. The van der Waals surface area contributed by atoms with Gasteiger partial charge in [-0.2, -0.15) is 0 Å². The van der Waals surface area contributed by atoms with Crippen LogP contribution in [-0.2, 0) is 21.3 Å². The number of ether oxygens (including phenoxy) is 1. The topological polar surface area (TPSA) is 67.4 Å². The van der Waals surface area contributed by atoms with E-state index in [0.29, 0.717) is 24.5 Å². The summed E-state index contributed by atoms with van der Waals surface area (Å²) in [5.41, 5.74) is 1.07. The van der Waals surface area contributed by atoms with E-state index in [2.05, 4.69) is 10.0 Å². The van der Waals surface area contributed by atoms with Crippen LogP contribution in [-0.4, -0.2) is 35.2 Å². The second-order valence-corrected chi connectivity index (χ2v) is 5.94. The molecule has 6 heteroatoms. The smallest absolute Gasteiger partial charge is 0.240 e. The first-order chi connectivity index (χ1) is 9.10. The van der Waals surface area contributed by atoms with Crippen molar-refractivity contribution in [2.45, 2.75) is 24.8 Å². The lowest BCUT2D eigenvalue weighted by atomic mass is 10.2. The van der Waals surface area contributed by atoms with E-state index in [0.717, 1.165) is 18.7 Å². The van der Waals surface area contributed by atoms with Crippen molar-refractivity contribution in [3.63, 3.8) is 0 Å². The van der Waals surface area contributed by atoms with Gasteiger partial charge in [0.25, 0.3) is 0 Å². The zero-order chi connectivity index (χ0) is 14.1. The Morgan fingerprint density at radius 2 is 1.89 bits per heavy atom. The van der Waals surface area contributed by atoms with E-state index < -0.39 is 10.0 Å². The van der Waals surface area contributed by atoms with Gasteiger partial charge in [-0.15, -0.1) is 0 Å². The summed E-state index contributed by atoms with van der Waals surface area (Å²) < 4.78 is 31.3. The Bertz CT molecular complexity index is 457. The molecule has 0 aliphatic rings. The Morgan fingerprint density at radius 1 is 1.21 bits per heavy atom. The highest BCUT2D eigenvalue weighted by Gasteiger charge is 2.12. The van der Waals surface area contributed by atoms with Crippen LogP contribution in [0.1, 0.15) is 18.9 Å². The van der Waals surface area contributed by atoms with Gasteiger partial charge in [-0.1, -0.05) is 19.1 Å². The van der Waals surface area contributed by atoms with Crippen LogP contribution in [0.3, 0.4) is 0 Å². The molecule has 0 amide bonds. The SMILES string of the molecule is CCNCc1ccc(S(=O)(=O)NCCCOC)cc1. The van der Waals surface area contributed by atoms with Crippen LogP contribution in [0, 0.1) is 0 Å². The Labute approximate surface area is 115 Å². The summed E-state index contributed by atoms with van der Waals surface area (Å²) in [4.78, 5) is 0.296. The zero-order valence-corrected chi connectivity index (χ0v) is 12.3. The number of benzene rings is 1. The Morgan fingerprint density at radius 3 is 2.47 bits per heavy atom. The zero-order valence-electron chi connectivity index (χ0n) is 11.5. The lowest BCUT2D eigenvalue weighted by Crippen LogP contribution is -2.25. The number of hydrogen-bond donors (Lipinski definition) is 2. The summed E-state index contributed by atoms with van der Waals surface area (Å²) in [5.74, 6) is 0. The van der Waals surface area contributed by atoms with Gasteiger partial charge in [-0.25, -0.2) is 13.1 Å².